The number of hydrogen-bond acceptors (Lipinski definition) is 3. The van der Waals surface area contributed by atoms with Crippen LogP contribution in [0.4, 0.5) is 0 Å². The molecule has 0 aliphatic rings. The fraction of sp³-hybridized carbons (Fsp3) is 0.467. The zero-order valence-electron chi connectivity index (χ0n) is 12.0. The first kappa shape index (κ1) is 13.7. The van der Waals surface area contributed by atoms with Crippen molar-refractivity contribution in [1.29, 1.82) is 0 Å². The Labute approximate surface area is 114 Å². The number of aliphatic hydroxyl groups is 1. The molecule has 0 saturated carbocycles. The van der Waals surface area contributed by atoms with Crippen LogP contribution in [-0.2, 0) is 13.0 Å². The summed E-state index contributed by atoms with van der Waals surface area (Å²) in [5.74, 6) is 1.64. The van der Waals surface area contributed by atoms with Gasteiger partial charge in [-0.1, -0.05) is 24.3 Å². The third kappa shape index (κ3) is 3.64. The summed E-state index contributed by atoms with van der Waals surface area (Å²) in [5.41, 5.74) is 1.70. The van der Waals surface area contributed by atoms with Crippen molar-refractivity contribution in [3.63, 3.8) is 0 Å². The van der Waals surface area contributed by atoms with Gasteiger partial charge < -0.3 is 5.11 Å². The highest BCUT2D eigenvalue weighted by atomic mass is 16.3. The van der Waals surface area contributed by atoms with Crippen molar-refractivity contribution in [3.05, 3.63) is 47.0 Å². The average molecular weight is 259 g/mol. The lowest BCUT2D eigenvalue weighted by Gasteiger charge is -2.18. The van der Waals surface area contributed by atoms with E-state index in [0.29, 0.717) is 6.54 Å². The monoisotopic (exact) mass is 259 g/mol. The van der Waals surface area contributed by atoms with Crippen LogP contribution in [0.25, 0.3) is 0 Å². The van der Waals surface area contributed by atoms with Crippen molar-refractivity contribution in [1.82, 2.24) is 14.8 Å². The van der Waals surface area contributed by atoms with Crippen LogP contribution in [-0.4, -0.2) is 25.5 Å². The van der Waals surface area contributed by atoms with E-state index in [9.17, 15) is 5.11 Å². The van der Waals surface area contributed by atoms with Crippen molar-refractivity contribution in [2.45, 2.75) is 46.3 Å². The number of aryl methyl sites for hydroxylation is 2. The molecule has 0 unspecified atom stereocenters. The third-order valence-electron chi connectivity index (χ3n) is 3.00. The van der Waals surface area contributed by atoms with Crippen LogP contribution in [0.15, 0.2) is 24.3 Å². The van der Waals surface area contributed by atoms with Crippen molar-refractivity contribution in [2.24, 2.45) is 0 Å². The molecule has 4 heteroatoms. The summed E-state index contributed by atoms with van der Waals surface area (Å²) in [6.07, 6.45) is 0.740. The first-order valence-electron chi connectivity index (χ1n) is 6.52. The van der Waals surface area contributed by atoms with Crippen molar-refractivity contribution in [2.75, 3.05) is 0 Å². The third-order valence-corrected chi connectivity index (χ3v) is 3.00. The lowest BCUT2D eigenvalue weighted by molar-refractivity contribution is 0.0567. The molecule has 0 aliphatic heterocycles. The topological polar surface area (TPSA) is 50.9 Å². The largest absolute Gasteiger partial charge is 0.389 e. The number of nitrogens with zero attached hydrogens (tertiary/aromatic N) is 3. The highest BCUT2D eigenvalue weighted by Gasteiger charge is 2.18. The van der Waals surface area contributed by atoms with Gasteiger partial charge in [0.1, 0.15) is 11.6 Å². The van der Waals surface area contributed by atoms with Crippen molar-refractivity contribution >= 4 is 0 Å². The second-order valence-corrected chi connectivity index (χ2v) is 5.65. The van der Waals surface area contributed by atoms with E-state index in [2.05, 4.69) is 29.1 Å². The number of hydrogen-bond donors (Lipinski definition) is 1. The van der Waals surface area contributed by atoms with Gasteiger partial charge in [-0.3, -0.25) is 0 Å². The van der Waals surface area contributed by atoms with E-state index >= 15 is 0 Å². The Morgan fingerprint density at radius 3 is 2.53 bits per heavy atom. The second kappa shape index (κ2) is 5.13. The lowest BCUT2D eigenvalue weighted by atomic mass is 10.1. The fourth-order valence-corrected chi connectivity index (χ4v) is 2.10. The summed E-state index contributed by atoms with van der Waals surface area (Å²) < 4.78 is 1.81. The van der Waals surface area contributed by atoms with Gasteiger partial charge in [-0.05, 0) is 38.8 Å². The molecule has 0 atom stereocenters. The van der Waals surface area contributed by atoms with E-state index in [1.807, 2.05) is 23.7 Å². The molecule has 0 radical (unpaired) electrons. The van der Waals surface area contributed by atoms with Crippen LogP contribution in [0.5, 0.6) is 0 Å². The molecule has 2 aromatic rings. The lowest BCUT2D eigenvalue weighted by Crippen LogP contribution is -2.28. The van der Waals surface area contributed by atoms with Crippen molar-refractivity contribution < 1.29 is 5.11 Å². The predicted octanol–water partition coefficient (Wildman–Crippen LogP) is 2.26. The highest BCUT2D eigenvalue weighted by molar-refractivity contribution is 5.28. The molecule has 0 bridgehead atoms. The van der Waals surface area contributed by atoms with Crippen LogP contribution in [0.2, 0.25) is 0 Å². The number of rotatable bonds is 4. The molecular weight excluding hydrogens is 238 g/mol. The average Bonchev–Trinajstić information content (AvgIpc) is 2.60. The normalized spacial score (nSPS) is 11.8. The molecule has 1 N–H and O–H groups in total. The smallest absolute Gasteiger partial charge is 0.147 e. The zero-order valence-corrected chi connectivity index (χ0v) is 12.0. The Hall–Kier alpha value is -1.68. The van der Waals surface area contributed by atoms with Gasteiger partial charge in [-0.2, -0.15) is 5.10 Å². The molecule has 4 nitrogen and oxygen atoms in total. The van der Waals surface area contributed by atoms with Gasteiger partial charge in [0, 0.05) is 6.42 Å². The van der Waals surface area contributed by atoms with Crippen molar-refractivity contribution in [3.8, 4) is 0 Å². The summed E-state index contributed by atoms with van der Waals surface area (Å²) in [5, 5.41) is 14.3. The van der Waals surface area contributed by atoms with E-state index in [-0.39, 0.29) is 0 Å². The zero-order chi connectivity index (χ0) is 14.0. The van der Waals surface area contributed by atoms with E-state index in [4.69, 9.17) is 0 Å². The van der Waals surface area contributed by atoms with Crippen LogP contribution >= 0.6 is 0 Å². The van der Waals surface area contributed by atoms with E-state index in [0.717, 1.165) is 18.1 Å². The van der Waals surface area contributed by atoms with E-state index in [1.54, 1.807) is 13.8 Å². The molecule has 0 fully saturated rings. The molecule has 0 aliphatic carbocycles. The number of benzene rings is 1. The van der Waals surface area contributed by atoms with Crippen LogP contribution in [0, 0.1) is 13.8 Å². The summed E-state index contributed by atoms with van der Waals surface area (Å²) in [4.78, 5) is 4.47. The quantitative estimate of drug-likeness (QED) is 0.916. The molecular formula is C15H21N3O. The van der Waals surface area contributed by atoms with Gasteiger partial charge in [-0.25, -0.2) is 9.67 Å². The van der Waals surface area contributed by atoms with Crippen LogP contribution < -0.4 is 0 Å². The minimum atomic E-state index is -0.791. The fourth-order valence-electron chi connectivity index (χ4n) is 2.10. The maximum Gasteiger partial charge on any atom is 0.147 e. The highest BCUT2D eigenvalue weighted by Crippen LogP contribution is 2.14. The van der Waals surface area contributed by atoms with Gasteiger partial charge in [0.15, 0.2) is 0 Å². The Bertz CT molecular complexity index is 567. The Kier molecular flexibility index (Phi) is 3.71. The molecule has 1 aromatic heterocycles. The van der Waals surface area contributed by atoms with Crippen LogP contribution in [0.1, 0.15) is 36.6 Å². The molecule has 19 heavy (non-hydrogen) atoms. The molecule has 2 rings (SSSR count). The Balaban J connectivity index is 2.28. The van der Waals surface area contributed by atoms with E-state index in [1.165, 1.54) is 11.1 Å². The Morgan fingerprint density at radius 2 is 1.89 bits per heavy atom. The molecule has 102 valence electrons. The summed E-state index contributed by atoms with van der Waals surface area (Å²) in [6, 6.07) is 8.27. The van der Waals surface area contributed by atoms with Gasteiger partial charge >= 0.3 is 0 Å². The first-order valence-corrected chi connectivity index (χ1v) is 6.52. The maximum atomic E-state index is 9.94. The first-order chi connectivity index (χ1) is 8.85. The molecule has 0 spiro atoms. The minimum absolute atomic E-state index is 0.453. The minimum Gasteiger partial charge on any atom is -0.389 e. The van der Waals surface area contributed by atoms with Gasteiger partial charge in [0.25, 0.3) is 0 Å². The predicted molar refractivity (Wildman–Crippen MR) is 75.0 cm³/mol. The number of aromatic nitrogens is 3. The van der Waals surface area contributed by atoms with Gasteiger partial charge in [0.2, 0.25) is 0 Å². The second-order valence-electron chi connectivity index (χ2n) is 5.65. The molecule has 0 amide bonds. The summed E-state index contributed by atoms with van der Waals surface area (Å²) in [6.45, 7) is 7.99. The molecule has 1 aromatic carbocycles. The molecule has 1 heterocycles. The van der Waals surface area contributed by atoms with E-state index < -0.39 is 5.60 Å². The standard InChI is InChI=1S/C15H21N3O/c1-11-7-5-6-8-13(11)9-14-16-12(2)17-18(14)10-15(3,4)19/h5-8,19H,9-10H2,1-4H3. The summed E-state index contributed by atoms with van der Waals surface area (Å²) >= 11 is 0. The Morgan fingerprint density at radius 1 is 1.21 bits per heavy atom. The maximum absolute atomic E-state index is 9.94. The van der Waals surface area contributed by atoms with Gasteiger partial charge in [-0.15, -0.1) is 0 Å². The van der Waals surface area contributed by atoms with Crippen LogP contribution in [0.3, 0.4) is 0 Å². The molecule has 0 saturated heterocycles. The SMILES string of the molecule is Cc1nc(Cc2ccccc2C)n(CC(C)(C)O)n1. The van der Waals surface area contributed by atoms with Gasteiger partial charge in [0.05, 0.1) is 12.1 Å². The summed E-state index contributed by atoms with van der Waals surface area (Å²) in [7, 11) is 0.